The first-order valence-electron chi connectivity index (χ1n) is 5.67. The fraction of sp³-hybridized carbons (Fsp3) is 0.357. The van der Waals surface area contributed by atoms with E-state index in [1.807, 2.05) is 13.1 Å². The minimum absolute atomic E-state index is 0.702. The number of nitrogens with zero attached hydrogens (tertiary/aromatic N) is 1. The summed E-state index contributed by atoms with van der Waals surface area (Å²) in [7, 11) is 0. The Morgan fingerprint density at radius 3 is 2.75 bits per heavy atom. The van der Waals surface area contributed by atoms with Gasteiger partial charge in [0.2, 0.25) is 0 Å². The van der Waals surface area contributed by atoms with Crippen molar-refractivity contribution >= 4 is 5.71 Å². The van der Waals surface area contributed by atoms with Gasteiger partial charge in [-0.05, 0) is 43.5 Å². The zero-order valence-electron chi connectivity index (χ0n) is 10.1. The van der Waals surface area contributed by atoms with E-state index < -0.39 is 0 Å². The third kappa shape index (κ3) is 2.16. The molecular weight excluding hydrogens is 198 g/mol. The average Bonchev–Trinajstić information content (AvgIpc) is 2.69. The molecule has 0 radical (unpaired) electrons. The second kappa shape index (κ2) is 4.52. The number of aliphatic imine (C=N–C) groups is 1. The van der Waals surface area contributed by atoms with Crippen molar-refractivity contribution in [1.29, 1.82) is 0 Å². The molecule has 0 saturated carbocycles. The molecule has 1 heterocycles. The predicted octanol–water partition coefficient (Wildman–Crippen LogP) is 3.49. The molecule has 0 spiro atoms. The Hall–Kier alpha value is -1.57. The van der Waals surface area contributed by atoms with E-state index in [1.54, 1.807) is 0 Å². The van der Waals surface area contributed by atoms with E-state index in [0.29, 0.717) is 6.61 Å². The lowest BCUT2D eigenvalue weighted by molar-refractivity contribution is 0.338. The van der Waals surface area contributed by atoms with Crippen LogP contribution in [-0.4, -0.2) is 12.3 Å². The smallest absolute Gasteiger partial charge is 0.122 e. The minimum Gasteiger partial charge on any atom is -0.494 e. The number of aryl methyl sites for hydroxylation is 1. The van der Waals surface area contributed by atoms with Crippen LogP contribution < -0.4 is 4.74 Å². The van der Waals surface area contributed by atoms with Crippen molar-refractivity contribution in [2.24, 2.45) is 4.99 Å². The van der Waals surface area contributed by atoms with Gasteiger partial charge in [0.25, 0.3) is 0 Å². The Morgan fingerprint density at radius 1 is 1.31 bits per heavy atom. The molecule has 0 saturated heterocycles. The van der Waals surface area contributed by atoms with Crippen molar-refractivity contribution in [3.8, 4) is 5.75 Å². The molecular formula is C14H17NO. The Kier molecular flexibility index (Phi) is 3.09. The van der Waals surface area contributed by atoms with Gasteiger partial charge in [-0.3, -0.25) is 4.99 Å². The van der Waals surface area contributed by atoms with Gasteiger partial charge < -0.3 is 4.74 Å². The summed E-state index contributed by atoms with van der Waals surface area (Å²) in [6.45, 7) is 6.88. The van der Waals surface area contributed by atoms with Crippen molar-refractivity contribution in [3.05, 3.63) is 41.1 Å². The summed E-state index contributed by atoms with van der Waals surface area (Å²) in [5, 5.41) is 0. The molecule has 84 valence electrons. The van der Waals surface area contributed by atoms with E-state index in [4.69, 9.17) is 4.74 Å². The molecule has 0 fully saturated rings. The normalized spacial score (nSPS) is 14.7. The molecule has 0 amide bonds. The maximum Gasteiger partial charge on any atom is 0.122 e. The van der Waals surface area contributed by atoms with E-state index in [-0.39, 0.29) is 0 Å². The molecule has 1 aromatic rings. The van der Waals surface area contributed by atoms with E-state index >= 15 is 0 Å². The second-order valence-corrected chi connectivity index (χ2v) is 4.14. The molecule has 2 heteroatoms. The van der Waals surface area contributed by atoms with Crippen molar-refractivity contribution < 1.29 is 4.74 Å². The topological polar surface area (TPSA) is 21.6 Å². The maximum absolute atomic E-state index is 5.59. The Labute approximate surface area is 96.7 Å². The van der Waals surface area contributed by atoms with Crippen LogP contribution in [0.2, 0.25) is 0 Å². The van der Waals surface area contributed by atoms with Gasteiger partial charge in [0, 0.05) is 12.6 Å². The van der Waals surface area contributed by atoms with Gasteiger partial charge in [0.15, 0.2) is 0 Å². The van der Waals surface area contributed by atoms with Gasteiger partial charge in [0.1, 0.15) is 5.75 Å². The largest absolute Gasteiger partial charge is 0.494 e. The van der Waals surface area contributed by atoms with Crippen molar-refractivity contribution in [3.63, 3.8) is 0 Å². The molecule has 1 aliphatic heterocycles. The van der Waals surface area contributed by atoms with Crippen LogP contribution in [-0.2, 0) is 0 Å². The maximum atomic E-state index is 5.59. The highest BCUT2D eigenvalue weighted by molar-refractivity contribution is 6.03. The van der Waals surface area contributed by atoms with Crippen LogP contribution in [0.25, 0.3) is 0 Å². The van der Waals surface area contributed by atoms with Gasteiger partial charge in [-0.1, -0.05) is 12.1 Å². The van der Waals surface area contributed by atoms with Crippen molar-refractivity contribution in [2.75, 3.05) is 6.61 Å². The van der Waals surface area contributed by atoms with Crippen molar-refractivity contribution in [1.82, 2.24) is 0 Å². The molecule has 0 aliphatic carbocycles. The summed E-state index contributed by atoms with van der Waals surface area (Å²) in [4.78, 5) is 4.42. The molecule has 2 rings (SSSR count). The SMILES string of the molecule is CCOc1cc(C2=NC=C(C)C2)ccc1C. The molecule has 0 N–H and O–H groups in total. The van der Waals surface area contributed by atoms with Crippen LogP contribution >= 0.6 is 0 Å². The quantitative estimate of drug-likeness (QED) is 0.756. The first-order chi connectivity index (χ1) is 7.70. The first kappa shape index (κ1) is 10.9. The van der Waals surface area contributed by atoms with Gasteiger partial charge >= 0.3 is 0 Å². The Balaban J connectivity index is 2.26. The molecule has 2 nitrogen and oxygen atoms in total. The highest BCUT2D eigenvalue weighted by Crippen LogP contribution is 2.23. The first-order valence-corrected chi connectivity index (χ1v) is 5.67. The number of hydrogen-bond donors (Lipinski definition) is 0. The van der Waals surface area contributed by atoms with Crippen LogP contribution in [0.3, 0.4) is 0 Å². The van der Waals surface area contributed by atoms with E-state index in [1.165, 1.54) is 16.7 Å². The number of hydrogen-bond acceptors (Lipinski definition) is 2. The lowest BCUT2D eigenvalue weighted by Gasteiger charge is -2.09. The van der Waals surface area contributed by atoms with Crippen LogP contribution in [0.15, 0.2) is 35.0 Å². The summed E-state index contributed by atoms with van der Waals surface area (Å²) in [5.74, 6) is 0.965. The fourth-order valence-corrected chi connectivity index (χ4v) is 1.81. The Bertz CT molecular complexity index is 458. The molecule has 1 aromatic carbocycles. The zero-order chi connectivity index (χ0) is 11.5. The molecule has 16 heavy (non-hydrogen) atoms. The molecule has 0 unspecified atom stereocenters. The summed E-state index contributed by atoms with van der Waals surface area (Å²) in [6.07, 6.45) is 2.89. The van der Waals surface area contributed by atoms with Gasteiger partial charge in [-0.15, -0.1) is 0 Å². The third-order valence-corrected chi connectivity index (χ3v) is 2.71. The van der Waals surface area contributed by atoms with Crippen LogP contribution in [0, 0.1) is 6.92 Å². The highest BCUT2D eigenvalue weighted by atomic mass is 16.5. The monoisotopic (exact) mass is 215 g/mol. The lowest BCUT2D eigenvalue weighted by atomic mass is 10.0. The molecule has 1 aliphatic rings. The molecule has 0 bridgehead atoms. The third-order valence-electron chi connectivity index (χ3n) is 2.71. The average molecular weight is 215 g/mol. The number of benzene rings is 1. The number of allylic oxidation sites excluding steroid dienone is 1. The lowest BCUT2D eigenvalue weighted by Crippen LogP contribution is -2.00. The summed E-state index contributed by atoms with van der Waals surface area (Å²) in [5.41, 5.74) is 4.79. The van der Waals surface area contributed by atoms with Crippen LogP contribution in [0.4, 0.5) is 0 Å². The van der Waals surface area contributed by atoms with Crippen LogP contribution in [0.1, 0.15) is 31.4 Å². The van der Waals surface area contributed by atoms with Crippen molar-refractivity contribution in [2.45, 2.75) is 27.2 Å². The summed E-state index contributed by atoms with van der Waals surface area (Å²) >= 11 is 0. The van der Waals surface area contributed by atoms with E-state index in [2.05, 4.69) is 37.0 Å². The number of ether oxygens (including phenoxy) is 1. The molecule has 0 atom stereocenters. The zero-order valence-corrected chi connectivity index (χ0v) is 10.1. The van der Waals surface area contributed by atoms with Crippen LogP contribution in [0.5, 0.6) is 5.75 Å². The standard InChI is InChI=1S/C14H17NO/c1-4-16-14-8-12(6-5-11(14)3)13-7-10(2)9-15-13/h5-6,8-9H,4,7H2,1-3H3. The van der Waals surface area contributed by atoms with Gasteiger partial charge in [-0.25, -0.2) is 0 Å². The Morgan fingerprint density at radius 2 is 2.12 bits per heavy atom. The van der Waals surface area contributed by atoms with Gasteiger partial charge in [-0.2, -0.15) is 0 Å². The second-order valence-electron chi connectivity index (χ2n) is 4.14. The summed E-state index contributed by atoms with van der Waals surface area (Å²) in [6, 6.07) is 6.30. The van der Waals surface area contributed by atoms with E-state index in [9.17, 15) is 0 Å². The highest BCUT2D eigenvalue weighted by Gasteiger charge is 2.10. The number of rotatable bonds is 3. The minimum atomic E-state index is 0.702. The predicted molar refractivity (Wildman–Crippen MR) is 67.3 cm³/mol. The fourth-order valence-electron chi connectivity index (χ4n) is 1.81. The molecule has 0 aromatic heterocycles. The van der Waals surface area contributed by atoms with E-state index in [0.717, 1.165) is 17.9 Å². The summed E-state index contributed by atoms with van der Waals surface area (Å²) < 4.78 is 5.59. The van der Waals surface area contributed by atoms with Gasteiger partial charge in [0.05, 0.1) is 12.3 Å².